The maximum atomic E-state index is 12.6. The highest BCUT2D eigenvalue weighted by molar-refractivity contribution is 7.11. The summed E-state index contributed by atoms with van der Waals surface area (Å²) in [7, 11) is 0. The van der Waals surface area contributed by atoms with E-state index < -0.39 is 0 Å². The Bertz CT molecular complexity index is 813. The summed E-state index contributed by atoms with van der Waals surface area (Å²) in [6.45, 7) is 4.61. The molecular weight excluding hydrogens is 334 g/mol. The third kappa shape index (κ3) is 4.73. The highest BCUT2D eigenvalue weighted by atomic mass is 32.1. The fourth-order valence-electron chi connectivity index (χ4n) is 2.75. The van der Waals surface area contributed by atoms with Crippen molar-refractivity contribution in [3.63, 3.8) is 0 Å². The molecule has 1 aromatic carbocycles. The second-order valence-corrected chi connectivity index (χ2v) is 7.18. The van der Waals surface area contributed by atoms with Gasteiger partial charge in [-0.1, -0.05) is 30.3 Å². The van der Waals surface area contributed by atoms with Crippen LogP contribution in [-0.4, -0.2) is 25.7 Å². The van der Waals surface area contributed by atoms with E-state index in [1.54, 1.807) is 22.3 Å². The molecule has 0 saturated heterocycles. The van der Waals surface area contributed by atoms with Gasteiger partial charge in [0.15, 0.2) is 0 Å². The predicted molar refractivity (Wildman–Crippen MR) is 97.3 cm³/mol. The third-order valence-corrected chi connectivity index (χ3v) is 5.04. The van der Waals surface area contributed by atoms with Gasteiger partial charge in [-0.15, -0.1) is 11.3 Å². The number of thiazole rings is 1. The normalized spacial score (nSPS) is 12.1. The number of carbonyl (C=O) groups is 1. The number of benzene rings is 1. The number of nitrogens with one attached hydrogen (secondary N) is 1. The van der Waals surface area contributed by atoms with Crippen LogP contribution in [-0.2, 0) is 17.8 Å². The van der Waals surface area contributed by atoms with Gasteiger partial charge >= 0.3 is 0 Å². The van der Waals surface area contributed by atoms with Crippen molar-refractivity contribution in [3.8, 4) is 0 Å². The topological polar surface area (TPSA) is 72.7 Å². The van der Waals surface area contributed by atoms with Gasteiger partial charge in [0.1, 0.15) is 12.7 Å². The molecule has 3 rings (SSSR count). The van der Waals surface area contributed by atoms with Gasteiger partial charge in [0.25, 0.3) is 0 Å². The minimum absolute atomic E-state index is 0.0131. The van der Waals surface area contributed by atoms with E-state index in [0.29, 0.717) is 13.0 Å². The van der Waals surface area contributed by atoms with E-state index in [0.717, 1.165) is 27.6 Å². The predicted octanol–water partition coefficient (Wildman–Crippen LogP) is 2.84. The number of carbonyl (C=O) groups excluding carboxylic acids is 1. The number of hydrogen-bond donors (Lipinski definition) is 1. The second kappa shape index (κ2) is 8.02. The molecule has 7 heteroatoms. The number of rotatable bonds is 7. The Morgan fingerprint density at radius 3 is 2.72 bits per heavy atom. The minimum atomic E-state index is -0.0628. The Hall–Kier alpha value is -2.54. The first-order valence-electron chi connectivity index (χ1n) is 8.21. The average Bonchev–Trinajstić information content (AvgIpc) is 3.22. The summed E-state index contributed by atoms with van der Waals surface area (Å²) < 4.78 is 1.78. The summed E-state index contributed by atoms with van der Waals surface area (Å²) >= 11 is 1.58. The fraction of sp³-hybridized carbons (Fsp3) is 0.333. The van der Waals surface area contributed by atoms with Crippen LogP contribution in [0.25, 0.3) is 0 Å². The van der Waals surface area contributed by atoms with Crippen LogP contribution in [0.4, 0.5) is 0 Å². The van der Waals surface area contributed by atoms with Crippen molar-refractivity contribution >= 4 is 17.2 Å². The van der Waals surface area contributed by atoms with Crippen molar-refractivity contribution in [2.24, 2.45) is 0 Å². The zero-order chi connectivity index (χ0) is 17.6. The van der Waals surface area contributed by atoms with Gasteiger partial charge in [0.2, 0.25) is 5.91 Å². The summed E-state index contributed by atoms with van der Waals surface area (Å²) in [5.74, 6) is 0.0131. The van der Waals surface area contributed by atoms with Crippen molar-refractivity contribution in [2.75, 3.05) is 0 Å². The quantitative estimate of drug-likeness (QED) is 0.707. The van der Waals surface area contributed by atoms with Crippen LogP contribution < -0.4 is 5.32 Å². The first-order chi connectivity index (χ1) is 12.1. The lowest BCUT2D eigenvalue weighted by molar-refractivity contribution is -0.121. The van der Waals surface area contributed by atoms with Crippen LogP contribution in [0.1, 0.15) is 33.6 Å². The smallest absolute Gasteiger partial charge is 0.225 e. The number of aryl methyl sites for hydroxylation is 3. The Labute approximate surface area is 150 Å². The van der Waals surface area contributed by atoms with E-state index in [1.165, 1.54) is 6.33 Å². The summed E-state index contributed by atoms with van der Waals surface area (Å²) in [5.41, 5.74) is 2.03. The number of aromatic nitrogens is 4. The van der Waals surface area contributed by atoms with Crippen LogP contribution in [0.15, 0.2) is 43.0 Å². The van der Waals surface area contributed by atoms with Crippen molar-refractivity contribution < 1.29 is 4.79 Å². The van der Waals surface area contributed by atoms with Crippen LogP contribution >= 0.6 is 11.3 Å². The van der Waals surface area contributed by atoms with E-state index >= 15 is 0 Å². The Morgan fingerprint density at radius 2 is 2.08 bits per heavy atom. The maximum absolute atomic E-state index is 12.6. The van der Waals surface area contributed by atoms with Crippen molar-refractivity contribution in [2.45, 2.75) is 39.3 Å². The van der Waals surface area contributed by atoms with E-state index in [2.05, 4.69) is 20.4 Å². The molecule has 2 heterocycles. The molecule has 2 aromatic heterocycles. The molecule has 3 aromatic rings. The molecule has 1 atom stereocenters. The van der Waals surface area contributed by atoms with Gasteiger partial charge in [-0.25, -0.2) is 9.97 Å². The molecular formula is C18H21N5OS. The lowest BCUT2D eigenvalue weighted by atomic mass is 10.0. The van der Waals surface area contributed by atoms with Gasteiger partial charge in [0.05, 0.1) is 23.2 Å². The Kier molecular flexibility index (Phi) is 5.55. The highest BCUT2D eigenvalue weighted by Gasteiger charge is 2.17. The monoisotopic (exact) mass is 355 g/mol. The van der Waals surface area contributed by atoms with Crippen LogP contribution in [0.5, 0.6) is 0 Å². The van der Waals surface area contributed by atoms with Crippen LogP contribution in [0, 0.1) is 13.8 Å². The largest absolute Gasteiger partial charge is 0.349 e. The van der Waals surface area contributed by atoms with E-state index in [1.807, 2.05) is 44.2 Å². The average molecular weight is 355 g/mol. The summed E-state index contributed by atoms with van der Waals surface area (Å²) in [5, 5.41) is 8.28. The van der Waals surface area contributed by atoms with Crippen LogP contribution in [0.2, 0.25) is 0 Å². The SMILES string of the molecule is Cc1nc(C)c(CC(=O)N[C@H](CCn2cncn2)c2ccccc2)s1. The summed E-state index contributed by atoms with van der Waals surface area (Å²) in [6.07, 6.45) is 4.32. The van der Waals surface area contributed by atoms with Crippen LogP contribution in [0.3, 0.4) is 0 Å². The highest BCUT2D eigenvalue weighted by Crippen LogP contribution is 2.20. The van der Waals surface area contributed by atoms with E-state index in [4.69, 9.17) is 0 Å². The van der Waals surface area contributed by atoms with Crippen molar-refractivity contribution in [3.05, 3.63) is 64.1 Å². The summed E-state index contributed by atoms with van der Waals surface area (Å²) in [6, 6.07) is 9.96. The molecule has 0 fully saturated rings. The molecule has 1 N–H and O–H groups in total. The molecule has 0 aliphatic heterocycles. The number of nitrogens with zero attached hydrogens (tertiary/aromatic N) is 4. The van der Waals surface area contributed by atoms with E-state index in [-0.39, 0.29) is 11.9 Å². The molecule has 0 aliphatic rings. The van der Waals surface area contributed by atoms with E-state index in [9.17, 15) is 4.79 Å². The molecule has 130 valence electrons. The molecule has 0 bridgehead atoms. The minimum Gasteiger partial charge on any atom is -0.349 e. The maximum Gasteiger partial charge on any atom is 0.225 e. The van der Waals surface area contributed by atoms with Gasteiger partial charge in [-0.05, 0) is 25.8 Å². The molecule has 0 unspecified atom stereocenters. The summed E-state index contributed by atoms with van der Waals surface area (Å²) in [4.78, 5) is 21.9. The first-order valence-corrected chi connectivity index (χ1v) is 9.03. The second-order valence-electron chi connectivity index (χ2n) is 5.90. The molecule has 1 amide bonds. The molecule has 0 aliphatic carbocycles. The fourth-order valence-corrected chi connectivity index (χ4v) is 3.68. The van der Waals surface area contributed by atoms with Gasteiger partial charge in [-0.3, -0.25) is 9.48 Å². The van der Waals surface area contributed by atoms with Gasteiger partial charge in [-0.2, -0.15) is 5.10 Å². The zero-order valence-corrected chi connectivity index (χ0v) is 15.2. The standard InChI is InChI=1S/C18H21N5OS/c1-13-17(25-14(2)21-13)10-18(24)22-16(15-6-4-3-5-7-15)8-9-23-12-19-11-20-23/h3-7,11-12,16H,8-10H2,1-2H3,(H,22,24)/t16-/m1/s1. The molecule has 25 heavy (non-hydrogen) atoms. The Balaban J connectivity index is 1.68. The van der Waals surface area contributed by atoms with Gasteiger partial charge in [0, 0.05) is 11.4 Å². The third-order valence-electron chi connectivity index (χ3n) is 3.97. The van der Waals surface area contributed by atoms with Crippen molar-refractivity contribution in [1.29, 1.82) is 0 Å². The first kappa shape index (κ1) is 17.3. The zero-order valence-electron chi connectivity index (χ0n) is 14.3. The molecule has 6 nitrogen and oxygen atoms in total. The number of amides is 1. The van der Waals surface area contributed by atoms with Gasteiger partial charge < -0.3 is 5.32 Å². The molecule has 0 spiro atoms. The molecule has 0 radical (unpaired) electrons. The lowest BCUT2D eigenvalue weighted by Gasteiger charge is -2.19. The Morgan fingerprint density at radius 1 is 1.28 bits per heavy atom. The lowest BCUT2D eigenvalue weighted by Crippen LogP contribution is -2.30. The molecule has 0 saturated carbocycles. The van der Waals surface area contributed by atoms with Crippen molar-refractivity contribution in [1.82, 2.24) is 25.1 Å². The number of hydrogen-bond acceptors (Lipinski definition) is 5.